The van der Waals surface area contributed by atoms with Gasteiger partial charge in [-0.2, -0.15) is 11.3 Å². The second kappa shape index (κ2) is 4.19. The van der Waals surface area contributed by atoms with Crippen LogP contribution in [-0.4, -0.2) is 0 Å². The van der Waals surface area contributed by atoms with Crippen LogP contribution >= 0.6 is 11.3 Å². The van der Waals surface area contributed by atoms with Crippen LogP contribution in [0.2, 0.25) is 0 Å². The van der Waals surface area contributed by atoms with Crippen LogP contribution in [0.4, 0.5) is 0 Å². The molecule has 2 aromatic rings. The molecule has 1 heterocycles. The molecular weight excluding hydrogens is 200 g/mol. The Bertz CT molecular complexity index is 398. The third kappa shape index (κ3) is 2.48. The molecule has 0 fully saturated rings. The van der Waals surface area contributed by atoms with Crippen LogP contribution < -0.4 is 0 Å². The molecule has 0 N–H and O–H groups in total. The molecule has 77 valence electrons. The Hall–Kier alpha value is -1.08. The highest BCUT2D eigenvalue weighted by Crippen LogP contribution is 2.29. The topological polar surface area (TPSA) is 0 Å². The van der Waals surface area contributed by atoms with Gasteiger partial charge in [0, 0.05) is 6.42 Å². The Morgan fingerprint density at radius 1 is 1.07 bits per heavy atom. The van der Waals surface area contributed by atoms with Crippen LogP contribution in [0.25, 0.3) is 0 Å². The van der Waals surface area contributed by atoms with Crippen LogP contribution in [0, 0.1) is 6.42 Å². The van der Waals surface area contributed by atoms with Crippen molar-refractivity contribution in [2.75, 3.05) is 0 Å². The van der Waals surface area contributed by atoms with Gasteiger partial charge in [0.1, 0.15) is 0 Å². The average molecular weight is 215 g/mol. The Labute approximate surface area is 95.6 Å². The van der Waals surface area contributed by atoms with Crippen molar-refractivity contribution >= 4 is 11.3 Å². The average Bonchev–Trinajstić information content (AvgIpc) is 2.71. The summed E-state index contributed by atoms with van der Waals surface area (Å²) in [5, 5.41) is 4.30. The second-order valence-corrected chi connectivity index (χ2v) is 5.07. The second-order valence-electron chi connectivity index (χ2n) is 4.29. The van der Waals surface area contributed by atoms with E-state index in [0.29, 0.717) is 0 Å². The van der Waals surface area contributed by atoms with Crippen molar-refractivity contribution in [3.63, 3.8) is 0 Å². The zero-order valence-electron chi connectivity index (χ0n) is 9.10. The molecule has 1 aromatic carbocycles. The summed E-state index contributed by atoms with van der Waals surface area (Å²) >= 11 is 1.74. The number of hydrogen-bond acceptors (Lipinski definition) is 1. The van der Waals surface area contributed by atoms with E-state index >= 15 is 0 Å². The first-order valence-corrected chi connectivity index (χ1v) is 6.06. The first-order chi connectivity index (χ1) is 7.18. The van der Waals surface area contributed by atoms with Crippen LogP contribution in [0.1, 0.15) is 25.0 Å². The summed E-state index contributed by atoms with van der Waals surface area (Å²) in [4.78, 5) is 0. The van der Waals surface area contributed by atoms with E-state index in [1.54, 1.807) is 11.3 Å². The van der Waals surface area contributed by atoms with E-state index in [-0.39, 0.29) is 5.41 Å². The van der Waals surface area contributed by atoms with Gasteiger partial charge in [0.25, 0.3) is 0 Å². The van der Waals surface area contributed by atoms with Gasteiger partial charge in [-0.1, -0.05) is 44.2 Å². The van der Waals surface area contributed by atoms with Gasteiger partial charge in [-0.25, -0.2) is 0 Å². The molecule has 0 bridgehead atoms. The van der Waals surface area contributed by atoms with Crippen molar-refractivity contribution in [3.05, 3.63) is 64.7 Å². The van der Waals surface area contributed by atoms with Gasteiger partial charge >= 0.3 is 0 Å². The minimum Gasteiger partial charge on any atom is -0.152 e. The SMILES string of the molecule is CC(C)([CH]c1ccsc1)c1ccccc1. The third-order valence-corrected chi connectivity index (χ3v) is 3.29. The van der Waals surface area contributed by atoms with E-state index in [1.165, 1.54) is 11.1 Å². The summed E-state index contributed by atoms with van der Waals surface area (Å²) in [5.74, 6) is 0. The van der Waals surface area contributed by atoms with Gasteiger partial charge in [-0.15, -0.1) is 0 Å². The van der Waals surface area contributed by atoms with Gasteiger partial charge in [-0.05, 0) is 33.4 Å². The molecule has 0 aliphatic carbocycles. The van der Waals surface area contributed by atoms with E-state index in [9.17, 15) is 0 Å². The molecule has 15 heavy (non-hydrogen) atoms. The first-order valence-electron chi connectivity index (χ1n) is 5.12. The molecule has 0 aliphatic heterocycles. The number of thiophene rings is 1. The lowest BCUT2D eigenvalue weighted by molar-refractivity contribution is 0.627. The molecule has 0 saturated heterocycles. The van der Waals surface area contributed by atoms with Crippen molar-refractivity contribution in [2.45, 2.75) is 19.3 Å². The van der Waals surface area contributed by atoms with E-state index in [2.05, 4.69) is 67.4 Å². The highest BCUT2D eigenvalue weighted by molar-refractivity contribution is 7.08. The van der Waals surface area contributed by atoms with Crippen LogP contribution in [-0.2, 0) is 5.41 Å². The maximum absolute atomic E-state index is 2.32. The Morgan fingerprint density at radius 2 is 1.80 bits per heavy atom. The molecule has 1 heteroatoms. The van der Waals surface area contributed by atoms with Crippen molar-refractivity contribution in [1.82, 2.24) is 0 Å². The molecule has 2 rings (SSSR count). The minimum atomic E-state index is 0.0995. The van der Waals surface area contributed by atoms with E-state index < -0.39 is 0 Å². The zero-order valence-corrected chi connectivity index (χ0v) is 9.92. The van der Waals surface area contributed by atoms with Gasteiger partial charge < -0.3 is 0 Å². The summed E-state index contributed by atoms with van der Waals surface area (Å²) in [6.45, 7) is 4.50. The van der Waals surface area contributed by atoms with Crippen LogP contribution in [0.3, 0.4) is 0 Å². The molecule has 0 spiro atoms. The standard InChI is InChI=1S/C14H15S/c1-14(2,10-12-8-9-15-11-12)13-6-4-3-5-7-13/h3-11H,1-2H3. The summed E-state index contributed by atoms with van der Waals surface area (Å²) in [5.41, 5.74) is 2.77. The maximum atomic E-state index is 2.32. The normalized spacial score (nSPS) is 11.6. The highest BCUT2D eigenvalue weighted by Gasteiger charge is 2.21. The molecule has 0 amide bonds. The monoisotopic (exact) mass is 215 g/mol. The Balaban J connectivity index is 2.20. The predicted octanol–water partition coefficient (Wildman–Crippen LogP) is 4.28. The van der Waals surface area contributed by atoms with E-state index in [1.807, 2.05) is 0 Å². The van der Waals surface area contributed by atoms with Crippen molar-refractivity contribution < 1.29 is 0 Å². The lowest BCUT2D eigenvalue weighted by Crippen LogP contribution is -2.17. The van der Waals surface area contributed by atoms with Crippen LogP contribution in [0.15, 0.2) is 47.2 Å². The lowest BCUT2D eigenvalue weighted by atomic mass is 9.80. The minimum absolute atomic E-state index is 0.0995. The van der Waals surface area contributed by atoms with Gasteiger partial charge in [0.15, 0.2) is 0 Å². The summed E-state index contributed by atoms with van der Waals surface area (Å²) in [7, 11) is 0. The summed E-state index contributed by atoms with van der Waals surface area (Å²) in [6.07, 6.45) is 2.32. The van der Waals surface area contributed by atoms with Gasteiger partial charge in [0.05, 0.1) is 0 Å². The fraction of sp³-hybridized carbons (Fsp3) is 0.214. The first kappa shape index (κ1) is 10.4. The lowest BCUT2D eigenvalue weighted by Gasteiger charge is -2.24. The number of benzene rings is 1. The smallest absolute Gasteiger partial charge is 0.00156 e. The summed E-state index contributed by atoms with van der Waals surface area (Å²) in [6, 6.07) is 12.8. The molecule has 0 unspecified atom stereocenters. The van der Waals surface area contributed by atoms with E-state index in [4.69, 9.17) is 0 Å². The third-order valence-electron chi connectivity index (χ3n) is 2.59. The molecule has 0 nitrogen and oxygen atoms in total. The van der Waals surface area contributed by atoms with Gasteiger partial charge in [-0.3, -0.25) is 0 Å². The Morgan fingerprint density at radius 3 is 2.40 bits per heavy atom. The van der Waals surface area contributed by atoms with Crippen molar-refractivity contribution in [1.29, 1.82) is 0 Å². The fourth-order valence-corrected chi connectivity index (χ4v) is 2.34. The largest absolute Gasteiger partial charge is 0.152 e. The molecule has 0 atom stereocenters. The van der Waals surface area contributed by atoms with Crippen molar-refractivity contribution in [3.8, 4) is 0 Å². The molecule has 0 saturated carbocycles. The molecule has 0 aliphatic rings. The highest BCUT2D eigenvalue weighted by atomic mass is 32.1. The Kier molecular flexibility index (Phi) is 2.92. The van der Waals surface area contributed by atoms with Gasteiger partial charge in [0.2, 0.25) is 0 Å². The maximum Gasteiger partial charge on any atom is 0.00156 e. The summed E-state index contributed by atoms with van der Waals surface area (Å²) < 4.78 is 0. The number of rotatable bonds is 3. The zero-order chi connectivity index (χ0) is 10.7. The van der Waals surface area contributed by atoms with E-state index in [0.717, 1.165) is 0 Å². The molecular formula is C14H15S. The predicted molar refractivity (Wildman–Crippen MR) is 67.2 cm³/mol. The molecule has 1 radical (unpaired) electrons. The quantitative estimate of drug-likeness (QED) is 0.717. The van der Waals surface area contributed by atoms with Crippen molar-refractivity contribution in [2.24, 2.45) is 0 Å². The van der Waals surface area contributed by atoms with Crippen LogP contribution in [0.5, 0.6) is 0 Å². The fourth-order valence-electron chi connectivity index (χ4n) is 1.72. The molecule has 1 aromatic heterocycles. The number of hydrogen-bond donors (Lipinski definition) is 0.